The van der Waals surface area contributed by atoms with Crippen molar-refractivity contribution in [3.63, 3.8) is 0 Å². The lowest BCUT2D eigenvalue weighted by atomic mass is 10.1. The minimum Gasteiger partial charge on any atom is -0.439 e. The van der Waals surface area contributed by atoms with Crippen LogP contribution in [-0.4, -0.2) is 28.6 Å². The van der Waals surface area contributed by atoms with Gasteiger partial charge in [-0.3, -0.25) is 14.6 Å². The number of anilines is 1. The molecule has 0 aliphatic carbocycles. The number of hydrogen-bond donors (Lipinski definition) is 2. The largest absolute Gasteiger partial charge is 0.439 e. The van der Waals surface area contributed by atoms with Gasteiger partial charge in [-0.25, -0.2) is 9.37 Å². The fourth-order valence-corrected chi connectivity index (χ4v) is 3.26. The molecule has 0 saturated carbocycles. The summed E-state index contributed by atoms with van der Waals surface area (Å²) < 4.78 is 19.1. The minimum atomic E-state index is -0.747. The van der Waals surface area contributed by atoms with E-state index in [1.54, 1.807) is 30.3 Å². The Bertz CT molecular complexity index is 1170. The Morgan fingerprint density at radius 1 is 1.12 bits per heavy atom. The standard InChI is InChI=1S/C23H20FN5O3/c24-16-7-4-10-18(12-16)32-23-15(6-5-11-26-23)14-27-22(31)19-13-20(21(25)30)29(28-19)17-8-2-1-3-9-17/h1-12,20H,13-14H2,(H2,25,30)(H,27,31). The van der Waals surface area contributed by atoms with Crippen molar-refractivity contribution in [3.8, 4) is 11.6 Å². The smallest absolute Gasteiger partial charge is 0.267 e. The highest BCUT2D eigenvalue weighted by Gasteiger charge is 2.34. The molecule has 0 spiro atoms. The second-order valence-corrected chi connectivity index (χ2v) is 7.06. The Labute approximate surface area is 183 Å². The van der Waals surface area contributed by atoms with Gasteiger partial charge in [0.25, 0.3) is 5.91 Å². The first-order valence-corrected chi connectivity index (χ1v) is 9.88. The zero-order chi connectivity index (χ0) is 22.5. The summed E-state index contributed by atoms with van der Waals surface area (Å²) in [7, 11) is 0. The molecule has 0 fully saturated rings. The lowest BCUT2D eigenvalue weighted by molar-refractivity contribution is -0.119. The monoisotopic (exact) mass is 433 g/mol. The number of halogens is 1. The van der Waals surface area contributed by atoms with Gasteiger partial charge in [0.2, 0.25) is 11.8 Å². The van der Waals surface area contributed by atoms with Crippen molar-refractivity contribution in [2.24, 2.45) is 10.8 Å². The molecule has 2 aromatic carbocycles. The van der Waals surface area contributed by atoms with Crippen LogP contribution in [0, 0.1) is 5.82 Å². The molecule has 8 nitrogen and oxygen atoms in total. The van der Waals surface area contributed by atoms with E-state index in [-0.39, 0.29) is 24.6 Å². The third-order valence-corrected chi connectivity index (χ3v) is 4.82. The van der Waals surface area contributed by atoms with Crippen LogP contribution in [0.2, 0.25) is 0 Å². The highest BCUT2D eigenvalue weighted by molar-refractivity contribution is 6.40. The molecule has 0 radical (unpaired) electrons. The number of benzene rings is 2. The lowest BCUT2D eigenvalue weighted by Gasteiger charge is -2.20. The van der Waals surface area contributed by atoms with Crippen molar-refractivity contribution in [2.75, 3.05) is 5.01 Å². The molecule has 0 saturated heterocycles. The maximum Gasteiger partial charge on any atom is 0.267 e. The number of rotatable bonds is 7. The van der Waals surface area contributed by atoms with Gasteiger partial charge in [-0.2, -0.15) is 5.10 Å². The van der Waals surface area contributed by atoms with Gasteiger partial charge in [0, 0.05) is 30.8 Å². The predicted molar refractivity (Wildman–Crippen MR) is 117 cm³/mol. The summed E-state index contributed by atoms with van der Waals surface area (Å²) in [5.74, 6) is -0.903. The summed E-state index contributed by atoms with van der Waals surface area (Å²) in [4.78, 5) is 28.8. The van der Waals surface area contributed by atoms with Crippen LogP contribution < -0.4 is 20.8 Å². The van der Waals surface area contributed by atoms with E-state index < -0.39 is 23.7 Å². The molecule has 1 atom stereocenters. The molecule has 1 unspecified atom stereocenters. The van der Waals surface area contributed by atoms with Crippen LogP contribution in [0.5, 0.6) is 11.6 Å². The number of primary amides is 1. The number of amides is 2. The molecular formula is C23H20FN5O3. The maximum atomic E-state index is 13.4. The average molecular weight is 433 g/mol. The topological polar surface area (TPSA) is 110 Å². The van der Waals surface area contributed by atoms with Crippen molar-refractivity contribution in [2.45, 2.75) is 19.0 Å². The summed E-state index contributed by atoms with van der Waals surface area (Å²) in [6, 6.07) is 17.4. The number of pyridine rings is 1. The summed E-state index contributed by atoms with van der Waals surface area (Å²) in [6.07, 6.45) is 1.63. The number of nitrogens with one attached hydrogen (secondary N) is 1. The number of nitrogens with zero attached hydrogens (tertiary/aromatic N) is 3. The summed E-state index contributed by atoms with van der Waals surface area (Å²) >= 11 is 0. The number of carbonyl (C=O) groups is 2. The zero-order valence-electron chi connectivity index (χ0n) is 16.9. The number of para-hydroxylation sites is 1. The number of nitrogens with two attached hydrogens (primary N) is 1. The van der Waals surface area contributed by atoms with Gasteiger partial charge in [-0.05, 0) is 30.3 Å². The second kappa shape index (κ2) is 9.25. The van der Waals surface area contributed by atoms with E-state index in [9.17, 15) is 14.0 Å². The zero-order valence-corrected chi connectivity index (χ0v) is 16.9. The van der Waals surface area contributed by atoms with Gasteiger partial charge in [0.15, 0.2) is 0 Å². The third kappa shape index (κ3) is 4.72. The van der Waals surface area contributed by atoms with Crippen molar-refractivity contribution < 1.29 is 18.7 Å². The van der Waals surface area contributed by atoms with Gasteiger partial charge in [-0.1, -0.05) is 30.3 Å². The molecule has 3 N–H and O–H groups in total. The van der Waals surface area contributed by atoms with E-state index in [2.05, 4.69) is 15.4 Å². The quantitative estimate of drug-likeness (QED) is 0.595. The highest BCUT2D eigenvalue weighted by Crippen LogP contribution is 2.25. The normalized spacial score (nSPS) is 15.2. The van der Waals surface area contributed by atoms with Crippen molar-refractivity contribution >= 4 is 23.2 Å². The molecule has 9 heteroatoms. The summed E-state index contributed by atoms with van der Waals surface area (Å²) in [5.41, 5.74) is 6.97. The minimum absolute atomic E-state index is 0.0930. The van der Waals surface area contributed by atoms with Crippen molar-refractivity contribution in [1.29, 1.82) is 0 Å². The van der Waals surface area contributed by atoms with Gasteiger partial charge < -0.3 is 15.8 Å². The highest BCUT2D eigenvalue weighted by atomic mass is 19.1. The van der Waals surface area contributed by atoms with Crippen molar-refractivity contribution in [1.82, 2.24) is 10.3 Å². The van der Waals surface area contributed by atoms with Gasteiger partial charge in [-0.15, -0.1) is 0 Å². The van der Waals surface area contributed by atoms with Crippen molar-refractivity contribution in [3.05, 3.63) is 84.3 Å². The van der Waals surface area contributed by atoms with Crippen LogP contribution >= 0.6 is 0 Å². The number of hydrazone groups is 1. The Morgan fingerprint density at radius 3 is 2.69 bits per heavy atom. The third-order valence-electron chi connectivity index (χ3n) is 4.82. The first-order chi connectivity index (χ1) is 15.5. The second-order valence-electron chi connectivity index (χ2n) is 7.06. The Balaban J connectivity index is 1.47. The first-order valence-electron chi connectivity index (χ1n) is 9.88. The molecule has 4 rings (SSSR count). The molecule has 3 aromatic rings. The van der Waals surface area contributed by atoms with Crippen LogP contribution in [-0.2, 0) is 16.1 Å². The SMILES string of the molecule is NC(=O)C1CC(C(=O)NCc2cccnc2Oc2cccc(F)c2)=NN1c1ccccc1. The molecule has 2 heterocycles. The number of aromatic nitrogens is 1. The fourth-order valence-electron chi connectivity index (χ4n) is 3.26. The number of hydrogen-bond acceptors (Lipinski definition) is 6. The van der Waals surface area contributed by atoms with E-state index in [1.165, 1.54) is 29.4 Å². The number of carbonyl (C=O) groups excluding carboxylic acids is 2. The van der Waals surface area contributed by atoms with Crippen LogP contribution in [0.1, 0.15) is 12.0 Å². The molecule has 1 aliphatic rings. The molecule has 1 aliphatic heterocycles. The number of ether oxygens (including phenoxy) is 1. The molecule has 32 heavy (non-hydrogen) atoms. The maximum absolute atomic E-state index is 13.4. The van der Waals surface area contributed by atoms with E-state index in [0.29, 0.717) is 17.0 Å². The molecule has 162 valence electrons. The Morgan fingerprint density at radius 2 is 1.94 bits per heavy atom. The van der Waals surface area contributed by atoms with E-state index in [4.69, 9.17) is 10.5 Å². The summed E-state index contributed by atoms with van der Waals surface area (Å²) in [5, 5.41) is 8.55. The lowest BCUT2D eigenvalue weighted by Crippen LogP contribution is -2.39. The molecule has 1 aromatic heterocycles. The summed E-state index contributed by atoms with van der Waals surface area (Å²) in [6.45, 7) is 0.100. The Hall–Kier alpha value is -4.27. The van der Waals surface area contributed by atoms with Gasteiger partial charge in [0.05, 0.1) is 5.69 Å². The van der Waals surface area contributed by atoms with Gasteiger partial charge in [0.1, 0.15) is 23.3 Å². The molecular weight excluding hydrogens is 413 g/mol. The van der Waals surface area contributed by atoms with Crippen LogP contribution in [0.4, 0.5) is 10.1 Å². The first kappa shape index (κ1) is 21.0. The van der Waals surface area contributed by atoms with Crippen LogP contribution in [0.25, 0.3) is 0 Å². The predicted octanol–water partition coefficient (Wildman–Crippen LogP) is 2.75. The van der Waals surface area contributed by atoms with E-state index in [1.807, 2.05) is 18.2 Å². The molecule has 0 bridgehead atoms. The fraction of sp³-hybridized carbons (Fsp3) is 0.130. The molecule has 2 amide bonds. The van der Waals surface area contributed by atoms with E-state index >= 15 is 0 Å². The average Bonchev–Trinajstić information content (AvgIpc) is 3.25. The van der Waals surface area contributed by atoms with E-state index in [0.717, 1.165) is 0 Å². The van der Waals surface area contributed by atoms with Crippen LogP contribution in [0.15, 0.2) is 78.0 Å². The Kier molecular flexibility index (Phi) is 6.07. The van der Waals surface area contributed by atoms with Crippen LogP contribution in [0.3, 0.4) is 0 Å². The van der Waals surface area contributed by atoms with Gasteiger partial charge >= 0.3 is 0 Å².